The molecule has 2 atom stereocenters. The van der Waals surface area contributed by atoms with Gasteiger partial charge in [0.05, 0.1) is 11.7 Å². The van der Waals surface area contributed by atoms with Crippen LogP contribution in [0.1, 0.15) is 29.5 Å². The van der Waals surface area contributed by atoms with Gasteiger partial charge in [-0.05, 0) is 35.9 Å². The number of anilines is 1. The van der Waals surface area contributed by atoms with Crippen molar-refractivity contribution in [2.45, 2.75) is 18.4 Å². The van der Waals surface area contributed by atoms with E-state index < -0.39 is 0 Å². The maximum absolute atomic E-state index is 14.1. The molecule has 0 aromatic heterocycles. The predicted octanol–water partition coefficient (Wildman–Crippen LogP) is 5.19. The van der Waals surface area contributed by atoms with Crippen LogP contribution in [0.4, 0.5) is 10.1 Å². The summed E-state index contributed by atoms with van der Waals surface area (Å²) in [5.41, 5.74) is 2.52. The highest BCUT2D eigenvalue weighted by molar-refractivity contribution is 5.99. The Labute approximate surface area is 150 Å². The molecule has 0 aliphatic carbocycles. The van der Waals surface area contributed by atoms with Crippen LogP contribution >= 0.6 is 0 Å². The molecule has 1 unspecified atom stereocenters. The average molecular weight is 345 g/mol. The van der Waals surface area contributed by atoms with Gasteiger partial charge in [0.1, 0.15) is 11.6 Å². The molecule has 1 fully saturated rings. The third-order valence-electron chi connectivity index (χ3n) is 5.19. The number of para-hydroxylation sites is 2. The van der Waals surface area contributed by atoms with Crippen molar-refractivity contribution in [3.8, 4) is 11.5 Å². The molecule has 2 heterocycles. The number of amides is 1. The highest BCUT2D eigenvalue weighted by Gasteiger charge is 2.45. The van der Waals surface area contributed by atoms with Crippen molar-refractivity contribution in [1.82, 2.24) is 0 Å². The Morgan fingerprint density at radius 2 is 1.69 bits per heavy atom. The smallest absolute Gasteiger partial charge is 0.228 e. The zero-order chi connectivity index (χ0) is 17.7. The standard InChI is InChI=1S/C22H16FNO2/c23-15-10-11-19-17(12-15)22-16(14-6-2-1-3-7-14)13-21(25)24(22)18-8-4-5-9-20(18)26-19/h1-12,16,22H,13H2/t16-,22?/m1/s1. The van der Waals surface area contributed by atoms with Crippen molar-refractivity contribution >= 4 is 11.6 Å². The van der Waals surface area contributed by atoms with Gasteiger partial charge in [-0.2, -0.15) is 0 Å². The van der Waals surface area contributed by atoms with Crippen molar-refractivity contribution in [3.05, 3.63) is 89.7 Å². The van der Waals surface area contributed by atoms with E-state index in [0.29, 0.717) is 23.5 Å². The number of ether oxygens (including phenoxy) is 1. The highest BCUT2D eigenvalue weighted by atomic mass is 19.1. The number of carbonyl (C=O) groups is 1. The van der Waals surface area contributed by atoms with Crippen LogP contribution in [0.3, 0.4) is 0 Å². The second-order valence-electron chi connectivity index (χ2n) is 6.68. The molecule has 0 N–H and O–H groups in total. The minimum absolute atomic E-state index is 0.0250. The van der Waals surface area contributed by atoms with Crippen molar-refractivity contribution < 1.29 is 13.9 Å². The summed E-state index contributed by atoms with van der Waals surface area (Å²) in [6, 6.07) is 21.7. The lowest BCUT2D eigenvalue weighted by Gasteiger charge is -2.27. The van der Waals surface area contributed by atoms with E-state index in [1.54, 1.807) is 11.0 Å². The fraction of sp³-hybridized carbons (Fsp3) is 0.136. The Balaban J connectivity index is 1.76. The van der Waals surface area contributed by atoms with Crippen LogP contribution < -0.4 is 9.64 Å². The van der Waals surface area contributed by atoms with E-state index in [2.05, 4.69) is 0 Å². The zero-order valence-electron chi connectivity index (χ0n) is 13.9. The molecule has 26 heavy (non-hydrogen) atoms. The van der Waals surface area contributed by atoms with E-state index >= 15 is 0 Å². The molecule has 3 aromatic rings. The van der Waals surface area contributed by atoms with Gasteiger partial charge in [0.2, 0.25) is 5.91 Å². The van der Waals surface area contributed by atoms with Crippen molar-refractivity contribution in [1.29, 1.82) is 0 Å². The third kappa shape index (κ3) is 2.22. The fourth-order valence-corrected chi connectivity index (χ4v) is 4.08. The van der Waals surface area contributed by atoms with E-state index in [1.165, 1.54) is 12.1 Å². The number of fused-ring (bicyclic) bond motifs is 5. The van der Waals surface area contributed by atoms with Gasteiger partial charge in [-0.25, -0.2) is 4.39 Å². The minimum Gasteiger partial charge on any atom is -0.455 e. The van der Waals surface area contributed by atoms with Crippen LogP contribution in [0, 0.1) is 5.82 Å². The van der Waals surface area contributed by atoms with E-state index in [-0.39, 0.29) is 23.7 Å². The molecule has 0 radical (unpaired) electrons. The van der Waals surface area contributed by atoms with Gasteiger partial charge >= 0.3 is 0 Å². The summed E-state index contributed by atoms with van der Waals surface area (Å²) in [5.74, 6) is 0.854. The monoisotopic (exact) mass is 345 g/mol. The summed E-state index contributed by atoms with van der Waals surface area (Å²) >= 11 is 0. The lowest BCUT2D eigenvalue weighted by molar-refractivity contribution is -0.117. The summed E-state index contributed by atoms with van der Waals surface area (Å²) in [6.07, 6.45) is 0.388. The van der Waals surface area contributed by atoms with Crippen molar-refractivity contribution in [2.24, 2.45) is 0 Å². The van der Waals surface area contributed by atoms with Gasteiger partial charge in [-0.15, -0.1) is 0 Å². The molecule has 0 saturated carbocycles. The molecule has 128 valence electrons. The lowest BCUT2D eigenvalue weighted by Crippen LogP contribution is -2.27. The second kappa shape index (κ2) is 5.70. The first-order valence-electron chi connectivity index (χ1n) is 8.66. The van der Waals surface area contributed by atoms with Crippen molar-refractivity contribution in [2.75, 3.05) is 4.90 Å². The molecule has 0 spiro atoms. The minimum atomic E-state index is -0.329. The molecule has 1 saturated heterocycles. The summed E-state index contributed by atoms with van der Waals surface area (Å²) in [6.45, 7) is 0. The normalized spacial score (nSPS) is 20.7. The molecule has 3 aromatic carbocycles. The van der Waals surface area contributed by atoms with Gasteiger partial charge in [-0.3, -0.25) is 4.79 Å². The molecule has 1 amide bonds. The number of hydrogen-bond acceptors (Lipinski definition) is 2. The van der Waals surface area contributed by atoms with Gasteiger partial charge in [0.25, 0.3) is 0 Å². The maximum Gasteiger partial charge on any atom is 0.228 e. The first-order chi connectivity index (χ1) is 12.7. The van der Waals surface area contributed by atoms with Crippen LogP contribution in [0.5, 0.6) is 11.5 Å². The zero-order valence-corrected chi connectivity index (χ0v) is 13.9. The fourth-order valence-electron chi connectivity index (χ4n) is 4.08. The molecule has 2 aliphatic rings. The average Bonchev–Trinajstić information content (AvgIpc) is 2.93. The second-order valence-corrected chi connectivity index (χ2v) is 6.68. The number of halogens is 1. The Morgan fingerprint density at radius 1 is 0.923 bits per heavy atom. The maximum atomic E-state index is 14.1. The number of benzene rings is 3. The highest BCUT2D eigenvalue weighted by Crippen LogP contribution is 2.53. The van der Waals surface area contributed by atoms with Gasteiger partial charge in [-0.1, -0.05) is 42.5 Å². The van der Waals surface area contributed by atoms with Gasteiger partial charge in [0.15, 0.2) is 5.75 Å². The van der Waals surface area contributed by atoms with Gasteiger partial charge in [0, 0.05) is 17.9 Å². The molecule has 3 nitrogen and oxygen atoms in total. The van der Waals surface area contributed by atoms with E-state index in [9.17, 15) is 9.18 Å². The summed E-state index contributed by atoms with van der Waals surface area (Å²) in [4.78, 5) is 14.8. The summed E-state index contributed by atoms with van der Waals surface area (Å²) in [5, 5.41) is 0. The Bertz CT molecular complexity index is 1000. The number of rotatable bonds is 1. The molecule has 0 bridgehead atoms. The number of nitrogens with zero attached hydrogens (tertiary/aromatic N) is 1. The Kier molecular flexibility index (Phi) is 3.32. The predicted molar refractivity (Wildman–Crippen MR) is 96.9 cm³/mol. The van der Waals surface area contributed by atoms with E-state index in [1.807, 2.05) is 54.6 Å². The number of hydrogen-bond donors (Lipinski definition) is 0. The quantitative estimate of drug-likeness (QED) is 0.607. The summed E-state index contributed by atoms with van der Waals surface area (Å²) < 4.78 is 20.1. The molecular weight excluding hydrogens is 329 g/mol. The summed E-state index contributed by atoms with van der Waals surface area (Å²) in [7, 11) is 0. The molecule has 4 heteroatoms. The largest absolute Gasteiger partial charge is 0.455 e. The van der Waals surface area contributed by atoms with Crippen LogP contribution in [0.25, 0.3) is 0 Å². The van der Waals surface area contributed by atoms with Crippen LogP contribution in [0.2, 0.25) is 0 Å². The van der Waals surface area contributed by atoms with Crippen LogP contribution in [-0.2, 0) is 4.79 Å². The third-order valence-corrected chi connectivity index (χ3v) is 5.19. The van der Waals surface area contributed by atoms with Crippen LogP contribution in [0.15, 0.2) is 72.8 Å². The molecular formula is C22H16FNO2. The van der Waals surface area contributed by atoms with Crippen molar-refractivity contribution in [3.63, 3.8) is 0 Å². The first-order valence-corrected chi connectivity index (χ1v) is 8.66. The lowest BCUT2D eigenvalue weighted by atomic mass is 9.87. The topological polar surface area (TPSA) is 29.5 Å². The van der Waals surface area contributed by atoms with Crippen LogP contribution in [-0.4, -0.2) is 5.91 Å². The first kappa shape index (κ1) is 15.1. The molecule has 5 rings (SSSR count). The Hall–Kier alpha value is -3.14. The Morgan fingerprint density at radius 3 is 2.54 bits per heavy atom. The van der Waals surface area contributed by atoms with E-state index in [0.717, 1.165) is 11.3 Å². The molecule has 2 aliphatic heterocycles. The SMILES string of the molecule is O=C1C[C@H](c2ccccc2)C2c3cc(F)ccc3Oc3ccccc3N12. The van der Waals surface area contributed by atoms with E-state index in [4.69, 9.17) is 4.74 Å². The van der Waals surface area contributed by atoms with Gasteiger partial charge < -0.3 is 9.64 Å². The number of carbonyl (C=O) groups excluding carboxylic acids is 1.